The Hall–Kier alpha value is -0.650. The van der Waals surface area contributed by atoms with Gasteiger partial charge in [-0.3, -0.25) is 0 Å². The number of allylic oxidation sites excluding steroid dienone is 2. The second-order valence-corrected chi connectivity index (χ2v) is 2.55. The molecule has 0 aliphatic carbocycles. The molecule has 0 N–H and O–H groups in total. The number of rotatable bonds is 6. The normalized spacial score (nSPS) is 9.20. The molecular weight excluding hydrogens is 120 g/mol. The fraction of sp³-hybridized carbons (Fsp3) is 0.500. The van der Waals surface area contributed by atoms with Gasteiger partial charge in [0.25, 0.3) is 0 Å². The van der Waals surface area contributed by atoms with E-state index in [4.69, 9.17) is 0 Å². The van der Waals surface area contributed by atoms with E-state index in [0.717, 1.165) is 19.3 Å². The van der Waals surface area contributed by atoms with Crippen molar-refractivity contribution in [1.82, 2.24) is 0 Å². The number of unbranched alkanes of at least 4 members (excludes halogenated alkanes) is 2. The van der Waals surface area contributed by atoms with Crippen LogP contribution in [0.5, 0.6) is 0 Å². The minimum absolute atomic E-state index is 0.969. The number of hydrogen-bond acceptors (Lipinski definition) is 0. The van der Waals surface area contributed by atoms with E-state index in [0.29, 0.717) is 0 Å². The Balaban J connectivity index is 3.13. The van der Waals surface area contributed by atoms with Crippen LogP contribution in [-0.4, -0.2) is 0 Å². The van der Waals surface area contributed by atoms with Crippen LogP contribution in [0.15, 0.2) is 24.8 Å². The van der Waals surface area contributed by atoms with Crippen LogP contribution in [0.2, 0.25) is 0 Å². The Morgan fingerprint density at radius 2 is 2.10 bits per heavy atom. The van der Waals surface area contributed by atoms with E-state index >= 15 is 0 Å². The molecule has 0 atom stereocenters. The summed E-state index contributed by atoms with van der Waals surface area (Å²) in [5.41, 5.74) is 1.29. The second-order valence-electron chi connectivity index (χ2n) is 2.55. The van der Waals surface area contributed by atoms with Gasteiger partial charge in [0.1, 0.15) is 0 Å². The molecule has 0 saturated heterocycles. The third kappa shape index (κ3) is 5.49. The van der Waals surface area contributed by atoms with Crippen LogP contribution in [0.25, 0.3) is 0 Å². The summed E-state index contributed by atoms with van der Waals surface area (Å²) < 4.78 is 0. The zero-order chi connectivity index (χ0) is 7.82. The van der Waals surface area contributed by atoms with Gasteiger partial charge in [-0.15, -0.1) is 6.58 Å². The molecule has 0 heteroatoms. The molecular formula is C10H17+. The first-order valence-corrected chi connectivity index (χ1v) is 3.88. The Bertz CT molecular complexity index is 101. The van der Waals surface area contributed by atoms with Gasteiger partial charge in [-0.2, -0.15) is 0 Å². The second kappa shape index (κ2) is 6.47. The fourth-order valence-electron chi connectivity index (χ4n) is 0.858. The zero-order valence-electron chi connectivity index (χ0n) is 6.73. The van der Waals surface area contributed by atoms with Crippen LogP contribution in [0, 0.1) is 6.92 Å². The summed E-state index contributed by atoms with van der Waals surface area (Å²) >= 11 is 0. The molecule has 0 bridgehead atoms. The first kappa shape index (κ1) is 9.35. The lowest BCUT2D eigenvalue weighted by Gasteiger charge is -1.98. The molecule has 0 nitrogen and oxygen atoms in total. The van der Waals surface area contributed by atoms with Crippen molar-refractivity contribution in [3.63, 3.8) is 0 Å². The third-order valence-electron chi connectivity index (χ3n) is 1.46. The molecule has 0 aromatic heterocycles. The molecule has 0 heterocycles. The Kier molecular flexibility index (Phi) is 6.05. The van der Waals surface area contributed by atoms with Crippen LogP contribution in [0.1, 0.15) is 32.1 Å². The predicted molar refractivity (Wildman–Crippen MR) is 47.8 cm³/mol. The topological polar surface area (TPSA) is 0 Å². The van der Waals surface area contributed by atoms with Gasteiger partial charge in [0.15, 0.2) is 0 Å². The molecule has 0 amide bonds. The summed E-state index contributed by atoms with van der Waals surface area (Å²) in [5, 5.41) is 0. The Morgan fingerprint density at radius 3 is 2.60 bits per heavy atom. The summed E-state index contributed by atoms with van der Waals surface area (Å²) in [5.74, 6) is 0. The van der Waals surface area contributed by atoms with Gasteiger partial charge in [0.2, 0.25) is 0 Å². The molecule has 0 aromatic carbocycles. The van der Waals surface area contributed by atoms with E-state index < -0.39 is 0 Å². The summed E-state index contributed by atoms with van der Waals surface area (Å²) in [7, 11) is 0. The van der Waals surface area contributed by atoms with Crippen LogP contribution in [-0.2, 0) is 0 Å². The highest BCUT2D eigenvalue weighted by Crippen LogP contribution is 2.09. The maximum atomic E-state index is 3.92. The highest BCUT2D eigenvalue weighted by Gasteiger charge is 1.91. The first-order valence-electron chi connectivity index (χ1n) is 3.88. The average molecular weight is 137 g/mol. The van der Waals surface area contributed by atoms with E-state index in [-0.39, 0.29) is 0 Å². The van der Waals surface area contributed by atoms with Gasteiger partial charge in [-0.1, -0.05) is 18.2 Å². The van der Waals surface area contributed by atoms with E-state index in [9.17, 15) is 0 Å². The van der Waals surface area contributed by atoms with Gasteiger partial charge in [0, 0.05) is 0 Å². The molecule has 0 radical (unpaired) electrons. The highest BCUT2D eigenvalue weighted by atomic mass is 14.0. The average Bonchev–Trinajstić information content (AvgIpc) is 1.89. The predicted octanol–water partition coefficient (Wildman–Crippen LogP) is 3.51. The van der Waals surface area contributed by atoms with Gasteiger partial charge in [-0.25, -0.2) is 0 Å². The van der Waals surface area contributed by atoms with Crippen molar-refractivity contribution in [1.29, 1.82) is 0 Å². The summed E-state index contributed by atoms with van der Waals surface area (Å²) in [6.07, 6.45) is 7.51. The van der Waals surface area contributed by atoms with Gasteiger partial charge >= 0.3 is 0 Å². The van der Waals surface area contributed by atoms with E-state index in [1.807, 2.05) is 6.08 Å². The molecule has 0 unspecified atom stereocenters. The lowest BCUT2D eigenvalue weighted by atomic mass is 10.1. The Labute approximate surface area is 64.6 Å². The standard InChI is InChI=1S/C10H17/c1-4-6-7-9-10(3)8-5-2/h5H,1-4,6-9H2/q+1. The lowest BCUT2D eigenvalue weighted by Crippen LogP contribution is -1.79. The van der Waals surface area contributed by atoms with Crippen LogP contribution >= 0.6 is 0 Å². The number of hydrogen-bond donors (Lipinski definition) is 0. The SMILES string of the molecule is C=CCC(=C)CCCC[CH2+]. The maximum Gasteiger partial charge on any atom is 0.0850 e. The first-order chi connectivity index (χ1) is 4.81. The molecule has 56 valence electrons. The lowest BCUT2D eigenvalue weighted by molar-refractivity contribution is 0.734. The van der Waals surface area contributed by atoms with E-state index in [2.05, 4.69) is 20.1 Å². The summed E-state index contributed by atoms with van der Waals surface area (Å²) in [6, 6.07) is 0. The minimum atomic E-state index is 0.969. The summed E-state index contributed by atoms with van der Waals surface area (Å²) in [4.78, 5) is 0. The minimum Gasteiger partial charge on any atom is -0.103 e. The van der Waals surface area contributed by atoms with Gasteiger partial charge in [-0.05, 0) is 25.7 Å². The van der Waals surface area contributed by atoms with Crippen LogP contribution in [0.3, 0.4) is 0 Å². The highest BCUT2D eigenvalue weighted by molar-refractivity contribution is 4.99. The molecule has 0 rings (SSSR count). The van der Waals surface area contributed by atoms with E-state index in [1.165, 1.54) is 18.4 Å². The summed E-state index contributed by atoms with van der Waals surface area (Å²) in [6.45, 7) is 11.4. The van der Waals surface area contributed by atoms with Crippen molar-refractivity contribution >= 4 is 0 Å². The molecule has 0 spiro atoms. The maximum absolute atomic E-state index is 3.92. The Morgan fingerprint density at radius 1 is 1.40 bits per heavy atom. The largest absolute Gasteiger partial charge is 0.103 e. The third-order valence-corrected chi connectivity index (χ3v) is 1.46. The molecule has 0 fully saturated rings. The quantitative estimate of drug-likeness (QED) is 0.298. The van der Waals surface area contributed by atoms with Crippen molar-refractivity contribution in [3.8, 4) is 0 Å². The van der Waals surface area contributed by atoms with Crippen LogP contribution in [0.4, 0.5) is 0 Å². The molecule has 0 aromatic rings. The molecule has 0 saturated carbocycles. The molecule has 10 heavy (non-hydrogen) atoms. The fourth-order valence-corrected chi connectivity index (χ4v) is 0.858. The zero-order valence-corrected chi connectivity index (χ0v) is 6.73. The van der Waals surface area contributed by atoms with Gasteiger partial charge in [0.05, 0.1) is 13.3 Å². The van der Waals surface area contributed by atoms with Crippen molar-refractivity contribution in [3.05, 3.63) is 31.7 Å². The molecule has 0 aliphatic rings. The van der Waals surface area contributed by atoms with Gasteiger partial charge < -0.3 is 0 Å². The smallest absolute Gasteiger partial charge is 0.0850 e. The van der Waals surface area contributed by atoms with Crippen molar-refractivity contribution in [2.75, 3.05) is 0 Å². The monoisotopic (exact) mass is 137 g/mol. The van der Waals surface area contributed by atoms with E-state index in [1.54, 1.807) is 0 Å². The van der Waals surface area contributed by atoms with Crippen molar-refractivity contribution in [2.45, 2.75) is 32.1 Å². The van der Waals surface area contributed by atoms with Crippen molar-refractivity contribution < 1.29 is 0 Å². The van der Waals surface area contributed by atoms with Crippen molar-refractivity contribution in [2.24, 2.45) is 0 Å². The van der Waals surface area contributed by atoms with Crippen LogP contribution < -0.4 is 0 Å². The molecule has 0 aliphatic heterocycles.